The molecule has 0 spiro atoms. The summed E-state index contributed by atoms with van der Waals surface area (Å²) in [7, 11) is 0. The zero-order valence-corrected chi connectivity index (χ0v) is 13.3. The zero-order chi connectivity index (χ0) is 17.9. The second-order valence-electron chi connectivity index (χ2n) is 5.72. The summed E-state index contributed by atoms with van der Waals surface area (Å²) in [5, 5.41) is 20.1. The van der Waals surface area contributed by atoms with Crippen molar-refractivity contribution in [2.24, 2.45) is 0 Å². The summed E-state index contributed by atoms with van der Waals surface area (Å²) in [5.41, 5.74) is -1.84. The molecule has 0 aromatic heterocycles. The van der Waals surface area contributed by atoms with Crippen molar-refractivity contribution in [2.45, 2.75) is 25.6 Å². The number of anilines is 1. The molecule has 0 amide bonds. The Morgan fingerprint density at radius 3 is 2.38 bits per heavy atom. The molecule has 1 aromatic rings. The highest BCUT2D eigenvalue weighted by molar-refractivity contribution is 5.57. The number of aliphatic hydroxyl groups is 1. The quantitative estimate of drug-likeness (QED) is 0.655. The van der Waals surface area contributed by atoms with Crippen molar-refractivity contribution in [1.29, 1.82) is 0 Å². The lowest BCUT2D eigenvalue weighted by Crippen LogP contribution is -2.51. The van der Waals surface area contributed by atoms with E-state index < -0.39 is 22.4 Å². The van der Waals surface area contributed by atoms with E-state index in [2.05, 4.69) is 4.90 Å². The first kappa shape index (κ1) is 18.5. The van der Waals surface area contributed by atoms with E-state index in [4.69, 9.17) is 0 Å². The number of nitro benzene ring substituents is 1. The van der Waals surface area contributed by atoms with Crippen LogP contribution in [0.2, 0.25) is 0 Å². The van der Waals surface area contributed by atoms with Crippen LogP contribution in [0, 0.1) is 10.1 Å². The minimum absolute atomic E-state index is 0.0479. The van der Waals surface area contributed by atoms with Crippen molar-refractivity contribution < 1.29 is 23.2 Å². The van der Waals surface area contributed by atoms with Gasteiger partial charge in [0.05, 0.1) is 11.5 Å². The van der Waals surface area contributed by atoms with Gasteiger partial charge in [0.25, 0.3) is 5.69 Å². The van der Waals surface area contributed by atoms with Gasteiger partial charge in [-0.05, 0) is 18.6 Å². The molecule has 1 fully saturated rings. The number of hydrogen-bond acceptors (Lipinski definition) is 5. The Kier molecular flexibility index (Phi) is 5.66. The molecule has 0 aliphatic carbocycles. The number of piperazine rings is 1. The van der Waals surface area contributed by atoms with E-state index in [0.29, 0.717) is 31.9 Å². The van der Waals surface area contributed by atoms with E-state index in [1.807, 2.05) is 6.92 Å². The van der Waals surface area contributed by atoms with Crippen LogP contribution in [0.1, 0.15) is 18.9 Å². The SMILES string of the molecule is CCC(CO)N1CCN(c2ccc([N+](=O)[O-])c(C(F)(F)F)c2)CC1. The van der Waals surface area contributed by atoms with E-state index in [9.17, 15) is 28.4 Å². The average Bonchev–Trinajstić information content (AvgIpc) is 2.55. The van der Waals surface area contributed by atoms with E-state index >= 15 is 0 Å². The Hall–Kier alpha value is -1.87. The third-order valence-corrected chi connectivity index (χ3v) is 4.36. The number of rotatable bonds is 5. The molecular weight excluding hydrogens is 327 g/mol. The molecule has 1 aliphatic rings. The van der Waals surface area contributed by atoms with Gasteiger partial charge in [-0.1, -0.05) is 6.92 Å². The van der Waals surface area contributed by atoms with Gasteiger partial charge in [0.1, 0.15) is 5.56 Å². The van der Waals surface area contributed by atoms with Crippen LogP contribution in [0.25, 0.3) is 0 Å². The molecule has 1 saturated heterocycles. The van der Waals surface area contributed by atoms with Crippen molar-refractivity contribution in [3.63, 3.8) is 0 Å². The highest BCUT2D eigenvalue weighted by Crippen LogP contribution is 2.38. The molecule has 6 nitrogen and oxygen atoms in total. The molecule has 1 aliphatic heterocycles. The predicted molar refractivity (Wildman–Crippen MR) is 83.0 cm³/mol. The van der Waals surface area contributed by atoms with Crippen molar-refractivity contribution in [2.75, 3.05) is 37.7 Å². The largest absolute Gasteiger partial charge is 0.423 e. The third-order valence-electron chi connectivity index (χ3n) is 4.36. The monoisotopic (exact) mass is 347 g/mol. The van der Waals surface area contributed by atoms with E-state index in [1.54, 1.807) is 4.90 Å². The third kappa shape index (κ3) is 3.96. The van der Waals surface area contributed by atoms with Gasteiger partial charge in [-0.2, -0.15) is 13.2 Å². The number of hydrogen-bond donors (Lipinski definition) is 1. The van der Waals surface area contributed by atoms with Crippen LogP contribution >= 0.6 is 0 Å². The topological polar surface area (TPSA) is 69.8 Å². The smallest absolute Gasteiger partial charge is 0.395 e. The lowest BCUT2D eigenvalue weighted by atomic mass is 10.1. The van der Waals surface area contributed by atoms with E-state index in [1.165, 1.54) is 6.07 Å². The fourth-order valence-electron chi connectivity index (χ4n) is 2.96. The molecule has 2 rings (SSSR count). The van der Waals surface area contributed by atoms with Gasteiger partial charge in [0.15, 0.2) is 0 Å². The highest BCUT2D eigenvalue weighted by atomic mass is 19.4. The van der Waals surface area contributed by atoms with Crippen LogP contribution in [0.3, 0.4) is 0 Å². The normalized spacial score (nSPS) is 17.8. The van der Waals surface area contributed by atoms with Crippen LogP contribution in [-0.2, 0) is 6.18 Å². The Balaban J connectivity index is 2.18. The van der Waals surface area contributed by atoms with E-state index in [0.717, 1.165) is 18.6 Å². The van der Waals surface area contributed by atoms with Crippen molar-refractivity contribution in [3.05, 3.63) is 33.9 Å². The first-order valence-corrected chi connectivity index (χ1v) is 7.73. The Morgan fingerprint density at radius 2 is 1.92 bits per heavy atom. The molecule has 1 N–H and O–H groups in total. The molecule has 1 unspecified atom stereocenters. The number of benzene rings is 1. The maximum atomic E-state index is 13.1. The molecule has 0 radical (unpaired) electrons. The van der Waals surface area contributed by atoms with Gasteiger partial charge in [-0.15, -0.1) is 0 Å². The van der Waals surface area contributed by atoms with Crippen LogP contribution < -0.4 is 4.90 Å². The molecule has 0 saturated carbocycles. The van der Waals surface area contributed by atoms with Gasteiger partial charge in [0.2, 0.25) is 0 Å². The Bertz CT molecular complexity index is 583. The fourth-order valence-corrected chi connectivity index (χ4v) is 2.96. The number of nitrogens with zero attached hydrogens (tertiary/aromatic N) is 3. The molecule has 24 heavy (non-hydrogen) atoms. The first-order valence-electron chi connectivity index (χ1n) is 7.73. The average molecular weight is 347 g/mol. The Labute approximate surface area is 137 Å². The summed E-state index contributed by atoms with van der Waals surface area (Å²) < 4.78 is 39.2. The maximum absolute atomic E-state index is 13.1. The highest BCUT2D eigenvalue weighted by Gasteiger charge is 2.39. The lowest BCUT2D eigenvalue weighted by Gasteiger charge is -2.39. The van der Waals surface area contributed by atoms with Crippen molar-refractivity contribution in [1.82, 2.24) is 4.90 Å². The van der Waals surface area contributed by atoms with Crippen molar-refractivity contribution in [3.8, 4) is 0 Å². The zero-order valence-electron chi connectivity index (χ0n) is 13.3. The summed E-state index contributed by atoms with van der Waals surface area (Å²) in [6, 6.07) is 3.16. The molecule has 1 aromatic carbocycles. The number of nitro groups is 1. The minimum Gasteiger partial charge on any atom is -0.395 e. The first-order chi connectivity index (χ1) is 11.3. The van der Waals surface area contributed by atoms with Crippen LogP contribution in [0.15, 0.2) is 18.2 Å². The molecule has 9 heteroatoms. The summed E-state index contributed by atoms with van der Waals surface area (Å²) in [4.78, 5) is 13.7. The predicted octanol–water partition coefficient (Wildman–Crippen LogP) is 2.51. The second kappa shape index (κ2) is 7.35. The number of halogens is 3. The van der Waals surface area contributed by atoms with Gasteiger partial charge in [-0.3, -0.25) is 15.0 Å². The van der Waals surface area contributed by atoms with Gasteiger partial charge in [-0.25, -0.2) is 0 Å². The van der Waals surface area contributed by atoms with Gasteiger partial charge < -0.3 is 10.0 Å². The van der Waals surface area contributed by atoms with Crippen LogP contribution in [0.4, 0.5) is 24.5 Å². The maximum Gasteiger partial charge on any atom is 0.423 e. The summed E-state index contributed by atoms with van der Waals surface area (Å²) in [5.74, 6) is 0. The summed E-state index contributed by atoms with van der Waals surface area (Å²) in [6.45, 7) is 4.28. The van der Waals surface area contributed by atoms with Gasteiger partial charge in [0, 0.05) is 44.0 Å². The molecule has 1 heterocycles. The molecule has 0 bridgehead atoms. The molecular formula is C15H20F3N3O3. The minimum atomic E-state index is -4.77. The van der Waals surface area contributed by atoms with Crippen LogP contribution in [-0.4, -0.2) is 53.8 Å². The summed E-state index contributed by atoms with van der Waals surface area (Å²) >= 11 is 0. The van der Waals surface area contributed by atoms with Gasteiger partial charge >= 0.3 is 6.18 Å². The molecule has 134 valence electrons. The van der Waals surface area contributed by atoms with Crippen LogP contribution in [0.5, 0.6) is 0 Å². The number of alkyl halides is 3. The summed E-state index contributed by atoms with van der Waals surface area (Å²) in [6.07, 6.45) is -3.98. The standard InChI is InChI=1S/C15H20F3N3O3/c1-2-11(10-22)19-5-7-20(8-6-19)12-3-4-14(21(23)24)13(9-12)15(16,17)18/h3-4,9,11,22H,2,5-8,10H2,1H3. The van der Waals surface area contributed by atoms with E-state index in [-0.39, 0.29) is 12.6 Å². The number of aliphatic hydroxyl groups excluding tert-OH is 1. The Morgan fingerprint density at radius 1 is 1.29 bits per heavy atom. The molecule has 1 atom stereocenters. The fraction of sp³-hybridized carbons (Fsp3) is 0.600. The van der Waals surface area contributed by atoms with Crippen molar-refractivity contribution >= 4 is 11.4 Å². The lowest BCUT2D eigenvalue weighted by molar-refractivity contribution is -0.388. The second-order valence-corrected chi connectivity index (χ2v) is 5.72.